The lowest BCUT2D eigenvalue weighted by atomic mass is 10.1. The molecule has 0 spiro atoms. The van der Waals surface area contributed by atoms with Crippen molar-refractivity contribution in [1.82, 2.24) is 4.90 Å². The first-order valence-electron chi connectivity index (χ1n) is 5.34. The van der Waals surface area contributed by atoms with Crippen molar-refractivity contribution in [3.8, 4) is 0 Å². The van der Waals surface area contributed by atoms with Crippen LogP contribution in [-0.4, -0.2) is 41.5 Å². The monoisotopic (exact) mass is 283 g/mol. The second-order valence-electron chi connectivity index (χ2n) is 4.11. The van der Waals surface area contributed by atoms with Gasteiger partial charge in [-0.2, -0.15) is 0 Å². The number of aliphatic hydroxyl groups excluding tert-OH is 1. The minimum absolute atomic E-state index is 0.113. The molecule has 1 saturated heterocycles. The third-order valence-electron chi connectivity index (χ3n) is 2.78. The summed E-state index contributed by atoms with van der Waals surface area (Å²) < 4.78 is 0.973. The maximum atomic E-state index is 11.9. The molecule has 1 aliphatic heterocycles. The van der Waals surface area contributed by atoms with Crippen molar-refractivity contribution in [1.29, 1.82) is 0 Å². The summed E-state index contributed by atoms with van der Waals surface area (Å²) in [5.41, 5.74) is 0.726. The number of carbonyl (C=O) groups excluding carboxylic acids is 1. The number of hydrogen-bond acceptors (Lipinski definition) is 3. The first-order valence-corrected chi connectivity index (χ1v) is 6.13. The first kappa shape index (κ1) is 11.8. The summed E-state index contributed by atoms with van der Waals surface area (Å²) in [6, 6.07) is 7.37. The molecule has 16 heavy (non-hydrogen) atoms. The Bertz CT molecular complexity index is 377. The molecule has 3 nitrogen and oxygen atoms in total. The Morgan fingerprint density at radius 3 is 2.69 bits per heavy atom. The van der Waals surface area contributed by atoms with E-state index in [0.29, 0.717) is 13.1 Å². The van der Waals surface area contributed by atoms with Gasteiger partial charge in [-0.15, -0.1) is 0 Å². The van der Waals surface area contributed by atoms with Gasteiger partial charge in [-0.05, 0) is 18.6 Å². The summed E-state index contributed by atoms with van der Waals surface area (Å²) in [5, 5.41) is 9.36. The van der Waals surface area contributed by atoms with E-state index in [2.05, 4.69) is 15.9 Å². The van der Waals surface area contributed by atoms with Gasteiger partial charge in [0.15, 0.2) is 5.78 Å². The van der Waals surface area contributed by atoms with Crippen LogP contribution >= 0.6 is 15.9 Å². The molecular weight excluding hydrogens is 270 g/mol. The van der Waals surface area contributed by atoms with E-state index in [0.717, 1.165) is 23.0 Å². The van der Waals surface area contributed by atoms with E-state index in [1.54, 1.807) is 0 Å². The summed E-state index contributed by atoms with van der Waals surface area (Å²) in [6.07, 6.45) is 0.505. The van der Waals surface area contributed by atoms with Gasteiger partial charge in [0, 0.05) is 23.1 Å². The van der Waals surface area contributed by atoms with Crippen LogP contribution in [0.4, 0.5) is 0 Å². The molecule has 1 aliphatic rings. The predicted molar refractivity (Wildman–Crippen MR) is 65.5 cm³/mol. The fourth-order valence-electron chi connectivity index (χ4n) is 1.89. The number of Topliss-reactive ketones (excluding diaryl/α,β-unsaturated/α-hetero) is 1. The second kappa shape index (κ2) is 5.08. The van der Waals surface area contributed by atoms with Crippen molar-refractivity contribution in [3.05, 3.63) is 34.3 Å². The van der Waals surface area contributed by atoms with Crippen LogP contribution in [0.25, 0.3) is 0 Å². The number of hydrogen-bond donors (Lipinski definition) is 1. The van der Waals surface area contributed by atoms with Gasteiger partial charge in [-0.3, -0.25) is 9.69 Å². The average Bonchev–Trinajstić information content (AvgIpc) is 2.65. The number of nitrogens with zero attached hydrogens (tertiary/aromatic N) is 1. The third kappa shape index (κ3) is 2.90. The smallest absolute Gasteiger partial charge is 0.176 e. The lowest BCUT2D eigenvalue weighted by Gasteiger charge is -2.13. The summed E-state index contributed by atoms with van der Waals surface area (Å²) in [7, 11) is 0. The zero-order valence-corrected chi connectivity index (χ0v) is 10.5. The normalized spacial score (nSPS) is 21.2. The van der Waals surface area contributed by atoms with E-state index in [9.17, 15) is 9.90 Å². The lowest BCUT2D eigenvalue weighted by molar-refractivity contribution is 0.0935. The Balaban J connectivity index is 1.95. The Morgan fingerprint density at radius 1 is 1.44 bits per heavy atom. The van der Waals surface area contributed by atoms with Gasteiger partial charge in [0.1, 0.15) is 0 Å². The number of β-amino-alcohol motifs (C(OH)–C–C–N with tert-alkyl or cyclic N) is 1. The highest BCUT2D eigenvalue weighted by Crippen LogP contribution is 2.13. The lowest BCUT2D eigenvalue weighted by Crippen LogP contribution is -2.28. The Labute approximate surface area is 103 Å². The van der Waals surface area contributed by atoms with Gasteiger partial charge in [0.2, 0.25) is 0 Å². The van der Waals surface area contributed by atoms with Crippen molar-refractivity contribution in [2.45, 2.75) is 12.5 Å². The standard InChI is InChI=1S/C12H14BrNO2/c13-10-3-1-9(2-4-10)12(16)8-14-6-5-11(15)7-14/h1-4,11,15H,5-8H2. The van der Waals surface area contributed by atoms with Crippen LogP contribution in [0.3, 0.4) is 0 Å². The average molecular weight is 284 g/mol. The van der Waals surface area contributed by atoms with Crippen LogP contribution in [0.2, 0.25) is 0 Å². The number of carbonyl (C=O) groups is 1. The van der Waals surface area contributed by atoms with E-state index >= 15 is 0 Å². The maximum absolute atomic E-state index is 11.9. The highest BCUT2D eigenvalue weighted by Gasteiger charge is 2.22. The van der Waals surface area contributed by atoms with E-state index in [-0.39, 0.29) is 11.9 Å². The molecule has 0 amide bonds. The minimum atomic E-state index is -0.266. The molecule has 1 N–H and O–H groups in total. The van der Waals surface area contributed by atoms with Gasteiger partial charge < -0.3 is 5.11 Å². The fraction of sp³-hybridized carbons (Fsp3) is 0.417. The summed E-state index contributed by atoms with van der Waals surface area (Å²) in [4.78, 5) is 13.9. The zero-order valence-electron chi connectivity index (χ0n) is 8.90. The molecule has 86 valence electrons. The highest BCUT2D eigenvalue weighted by molar-refractivity contribution is 9.10. The molecule has 1 unspecified atom stereocenters. The molecule has 1 atom stereocenters. The quantitative estimate of drug-likeness (QED) is 0.859. The maximum Gasteiger partial charge on any atom is 0.176 e. The van der Waals surface area contributed by atoms with Gasteiger partial charge >= 0.3 is 0 Å². The van der Waals surface area contributed by atoms with E-state index < -0.39 is 0 Å². The molecule has 0 saturated carbocycles. The number of aliphatic hydroxyl groups is 1. The second-order valence-corrected chi connectivity index (χ2v) is 5.02. The van der Waals surface area contributed by atoms with Crippen molar-refractivity contribution in [3.63, 3.8) is 0 Å². The van der Waals surface area contributed by atoms with Crippen LogP contribution in [0.15, 0.2) is 28.7 Å². The SMILES string of the molecule is O=C(CN1CCC(O)C1)c1ccc(Br)cc1. The zero-order chi connectivity index (χ0) is 11.5. The van der Waals surface area contributed by atoms with E-state index in [1.165, 1.54) is 0 Å². The number of likely N-dealkylation sites (tertiary alicyclic amines) is 1. The molecule has 4 heteroatoms. The number of rotatable bonds is 3. The largest absolute Gasteiger partial charge is 0.392 e. The Kier molecular flexibility index (Phi) is 3.74. The van der Waals surface area contributed by atoms with E-state index in [4.69, 9.17) is 0 Å². The summed E-state index contributed by atoms with van der Waals surface area (Å²) >= 11 is 3.34. The molecular formula is C12H14BrNO2. The number of benzene rings is 1. The molecule has 0 radical (unpaired) electrons. The van der Waals surface area contributed by atoms with Gasteiger partial charge in [0.05, 0.1) is 12.6 Å². The highest BCUT2D eigenvalue weighted by atomic mass is 79.9. The number of ketones is 1. The molecule has 0 aromatic heterocycles. The Morgan fingerprint density at radius 2 is 2.12 bits per heavy atom. The predicted octanol–water partition coefficient (Wildman–Crippen LogP) is 1.70. The summed E-state index contributed by atoms with van der Waals surface area (Å²) in [6.45, 7) is 1.82. The van der Waals surface area contributed by atoms with E-state index in [1.807, 2.05) is 29.2 Å². The van der Waals surface area contributed by atoms with Gasteiger partial charge in [0.25, 0.3) is 0 Å². The molecule has 2 rings (SSSR count). The van der Waals surface area contributed by atoms with Crippen LogP contribution in [0.5, 0.6) is 0 Å². The van der Waals surface area contributed by atoms with Crippen molar-refractivity contribution < 1.29 is 9.90 Å². The van der Waals surface area contributed by atoms with Crippen LogP contribution in [0, 0.1) is 0 Å². The molecule has 0 aliphatic carbocycles. The molecule has 1 aromatic rings. The fourth-order valence-corrected chi connectivity index (χ4v) is 2.15. The van der Waals surface area contributed by atoms with Crippen molar-refractivity contribution in [2.24, 2.45) is 0 Å². The van der Waals surface area contributed by atoms with Crippen molar-refractivity contribution >= 4 is 21.7 Å². The number of halogens is 1. The molecule has 0 bridgehead atoms. The van der Waals surface area contributed by atoms with Gasteiger partial charge in [-0.25, -0.2) is 0 Å². The Hall–Kier alpha value is -0.710. The molecule has 1 fully saturated rings. The first-order chi connectivity index (χ1) is 7.65. The molecule has 1 aromatic carbocycles. The minimum Gasteiger partial charge on any atom is -0.392 e. The third-order valence-corrected chi connectivity index (χ3v) is 3.31. The van der Waals surface area contributed by atoms with Crippen molar-refractivity contribution in [2.75, 3.05) is 19.6 Å². The van der Waals surface area contributed by atoms with Gasteiger partial charge in [-0.1, -0.05) is 28.1 Å². The summed E-state index contributed by atoms with van der Waals surface area (Å²) in [5.74, 6) is 0.113. The van der Waals surface area contributed by atoms with Crippen LogP contribution in [-0.2, 0) is 0 Å². The van der Waals surface area contributed by atoms with Crippen LogP contribution < -0.4 is 0 Å². The van der Waals surface area contributed by atoms with Crippen LogP contribution in [0.1, 0.15) is 16.8 Å². The molecule has 1 heterocycles. The topological polar surface area (TPSA) is 40.5 Å².